The maximum Gasteiger partial charge on any atom is 0.237 e. The summed E-state index contributed by atoms with van der Waals surface area (Å²) in [5.74, 6) is -2.04. The molecule has 1 fully saturated rings. The van der Waals surface area contributed by atoms with Gasteiger partial charge >= 0.3 is 0 Å². The van der Waals surface area contributed by atoms with E-state index in [2.05, 4.69) is 0 Å². The molecule has 0 spiro atoms. The van der Waals surface area contributed by atoms with Crippen molar-refractivity contribution in [2.24, 2.45) is 0 Å². The average Bonchev–Trinajstić information content (AvgIpc) is 1.81. The van der Waals surface area contributed by atoms with Crippen LogP contribution in [0.1, 0.15) is 0 Å². The summed E-state index contributed by atoms with van der Waals surface area (Å²) in [5, 5.41) is 17.5. The third-order valence-electron chi connectivity index (χ3n) is 1.36. The van der Waals surface area contributed by atoms with E-state index in [1.165, 1.54) is 4.90 Å². The van der Waals surface area contributed by atoms with Gasteiger partial charge < -0.3 is 15.1 Å². The lowest BCUT2D eigenvalue weighted by Crippen LogP contribution is -2.63. The molecule has 0 aliphatic carbocycles. The number of nitrogens with zero attached hydrogens (tertiary/aromatic N) is 1. The van der Waals surface area contributed by atoms with E-state index in [9.17, 15) is 4.79 Å². The molecule has 0 atom stereocenters. The Morgan fingerprint density at radius 2 is 2.10 bits per heavy atom. The lowest BCUT2D eigenvalue weighted by atomic mass is 10.1. The van der Waals surface area contributed by atoms with Gasteiger partial charge in [0.1, 0.15) is 5.88 Å². The van der Waals surface area contributed by atoms with Gasteiger partial charge in [-0.1, -0.05) is 0 Å². The summed E-state index contributed by atoms with van der Waals surface area (Å²) >= 11 is 5.20. The molecular weight excluding hydrogens is 158 g/mol. The minimum atomic E-state index is -1.68. The van der Waals surface area contributed by atoms with Gasteiger partial charge in [-0.05, 0) is 0 Å². The zero-order valence-electron chi connectivity index (χ0n) is 5.25. The van der Waals surface area contributed by atoms with E-state index >= 15 is 0 Å². The minimum Gasteiger partial charge on any atom is -0.363 e. The largest absolute Gasteiger partial charge is 0.363 e. The van der Waals surface area contributed by atoms with Crippen molar-refractivity contribution in [1.82, 2.24) is 4.90 Å². The quantitative estimate of drug-likeness (QED) is 0.377. The summed E-state index contributed by atoms with van der Waals surface area (Å²) in [4.78, 5) is 11.9. The first-order valence-corrected chi connectivity index (χ1v) is 3.37. The van der Waals surface area contributed by atoms with E-state index in [0.29, 0.717) is 0 Å². The molecule has 5 heteroatoms. The monoisotopic (exact) mass is 165 g/mol. The molecule has 4 nitrogen and oxygen atoms in total. The Kier molecular flexibility index (Phi) is 1.85. The van der Waals surface area contributed by atoms with Crippen molar-refractivity contribution in [3.05, 3.63) is 0 Å². The third-order valence-corrected chi connectivity index (χ3v) is 1.58. The van der Waals surface area contributed by atoms with Crippen LogP contribution in [0.3, 0.4) is 0 Å². The van der Waals surface area contributed by atoms with Crippen molar-refractivity contribution in [3.63, 3.8) is 0 Å². The molecule has 0 aromatic heterocycles. The van der Waals surface area contributed by atoms with Crippen molar-refractivity contribution in [2.45, 2.75) is 5.79 Å². The Hall–Kier alpha value is -0.320. The molecule has 1 aliphatic rings. The number of alkyl halides is 1. The second kappa shape index (κ2) is 2.38. The number of likely N-dealkylation sites (tertiary alicyclic amines) is 1. The lowest BCUT2D eigenvalue weighted by molar-refractivity contribution is -0.239. The van der Waals surface area contributed by atoms with Gasteiger partial charge in [-0.25, -0.2) is 0 Å². The minimum absolute atomic E-state index is 0.0292. The van der Waals surface area contributed by atoms with E-state index in [1.807, 2.05) is 0 Å². The second-order valence-electron chi connectivity index (χ2n) is 2.37. The van der Waals surface area contributed by atoms with Gasteiger partial charge in [-0.3, -0.25) is 4.79 Å². The molecule has 58 valence electrons. The highest BCUT2D eigenvalue weighted by atomic mass is 35.5. The fourth-order valence-electron chi connectivity index (χ4n) is 0.826. The second-order valence-corrected chi connectivity index (χ2v) is 2.63. The summed E-state index contributed by atoms with van der Waals surface area (Å²) in [6, 6.07) is 0. The van der Waals surface area contributed by atoms with E-state index in [-0.39, 0.29) is 24.9 Å². The summed E-state index contributed by atoms with van der Waals surface area (Å²) < 4.78 is 0. The van der Waals surface area contributed by atoms with Crippen molar-refractivity contribution < 1.29 is 15.0 Å². The molecule has 1 rings (SSSR count). The zero-order chi connectivity index (χ0) is 7.78. The van der Waals surface area contributed by atoms with Gasteiger partial charge in [0, 0.05) is 0 Å². The van der Waals surface area contributed by atoms with E-state index in [1.54, 1.807) is 0 Å². The molecule has 1 saturated heterocycles. The number of hydrogen-bond donors (Lipinski definition) is 2. The van der Waals surface area contributed by atoms with E-state index in [0.717, 1.165) is 0 Å². The first-order chi connectivity index (χ1) is 4.55. The molecular formula is C5H8ClNO3. The van der Waals surface area contributed by atoms with E-state index in [4.69, 9.17) is 21.8 Å². The Bertz CT molecular complexity index is 151. The lowest BCUT2D eigenvalue weighted by Gasteiger charge is -2.41. The highest BCUT2D eigenvalue weighted by Gasteiger charge is 2.41. The van der Waals surface area contributed by atoms with Crippen molar-refractivity contribution in [3.8, 4) is 0 Å². The molecule has 0 radical (unpaired) electrons. The Morgan fingerprint density at radius 1 is 1.60 bits per heavy atom. The Morgan fingerprint density at radius 3 is 2.40 bits per heavy atom. The van der Waals surface area contributed by atoms with Gasteiger partial charge in [0.25, 0.3) is 0 Å². The summed E-state index contributed by atoms with van der Waals surface area (Å²) in [6.45, 7) is -0.0584. The molecule has 1 aliphatic heterocycles. The van der Waals surface area contributed by atoms with Gasteiger partial charge in [-0.2, -0.15) is 0 Å². The van der Waals surface area contributed by atoms with Crippen molar-refractivity contribution in [2.75, 3.05) is 19.0 Å². The number of aliphatic hydroxyl groups is 2. The van der Waals surface area contributed by atoms with Crippen LogP contribution in [0.2, 0.25) is 0 Å². The van der Waals surface area contributed by atoms with Crippen LogP contribution >= 0.6 is 11.6 Å². The molecule has 0 saturated carbocycles. The summed E-state index contributed by atoms with van der Waals surface area (Å²) in [7, 11) is 0. The predicted molar refractivity (Wildman–Crippen MR) is 34.5 cm³/mol. The maximum atomic E-state index is 10.7. The van der Waals surface area contributed by atoms with Gasteiger partial charge in [0.05, 0.1) is 13.1 Å². The number of rotatable bonds is 1. The molecule has 0 aromatic carbocycles. The highest BCUT2D eigenvalue weighted by molar-refractivity contribution is 6.27. The topological polar surface area (TPSA) is 60.8 Å². The van der Waals surface area contributed by atoms with Gasteiger partial charge in [0.15, 0.2) is 5.79 Å². The summed E-state index contributed by atoms with van der Waals surface area (Å²) in [6.07, 6.45) is 0. The number of carbonyl (C=O) groups excluding carboxylic acids is 1. The first kappa shape index (κ1) is 7.78. The fraction of sp³-hybridized carbons (Fsp3) is 0.800. The van der Waals surface area contributed by atoms with Crippen LogP contribution in [0.5, 0.6) is 0 Å². The van der Waals surface area contributed by atoms with Crippen molar-refractivity contribution in [1.29, 1.82) is 0 Å². The number of hydrogen-bond acceptors (Lipinski definition) is 3. The Labute approximate surface area is 63.0 Å². The summed E-state index contributed by atoms with van der Waals surface area (Å²) in [5.41, 5.74) is 0. The van der Waals surface area contributed by atoms with Crippen LogP contribution in [-0.2, 0) is 4.79 Å². The zero-order valence-corrected chi connectivity index (χ0v) is 6.01. The van der Waals surface area contributed by atoms with Gasteiger partial charge in [0.2, 0.25) is 5.91 Å². The standard InChI is InChI=1S/C5H8ClNO3/c6-1-4(8)7-2-5(9,10)3-7/h9-10H,1-3H2. The predicted octanol–water partition coefficient (Wildman–Crippen LogP) is -1.25. The normalized spacial score (nSPS) is 22.1. The van der Waals surface area contributed by atoms with Crippen LogP contribution in [0, 0.1) is 0 Å². The fourth-order valence-corrected chi connectivity index (χ4v) is 0.995. The number of β-amino-alcohol motifs (C(OH)–C–C–N with tert-alkyl or cyclic N) is 2. The van der Waals surface area contributed by atoms with Crippen LogP contribution < -0.4 is 0 Å². The molecule has 10 heavy (non-hydrogen) atoms. The van der Waals surface area contributed by atoms with Crippen molar-refractivity contribution >= 4 is 17.5 Å². The number of halogens is 1. The highest BCUT2D eigenvalue weighted by Crippen LogP contribution is 2.16. The van der Waals surface area contributed by atoms with Gasteiger partial charge in [-0.15, -0.1) is 11.6 Å². The SMILES string of the molecule is O=C(CCl)N1CC(O)(O)C1. The molecule has 0 unspecified atom stereocenters. The third kappa shape index (κ3) is 1.39. The molecule has 0 bridgehead atoms. The van der Waals surface area contributed by atoms with Crippen LogP contribution in [0.4, 0.5) is 0 Å². The van der Waals surface area contributed by atoms with Crippen LogP contribution in [0.25, 0.3) is 0 Å². The molecule has 1 heterocycles. The number of amides is 1. The number of carbonyl (C=O) groups is 1. The van der Waals surface area contributed by atoms with Crippen LogP contribution in [0.15, 0.2) is 0 Å². The maximum absolute atomic E-state index is 10.7. The average molecular weight is 166 g/mol. The smallest absolute Gasteiger partial charge is 0.237 e. The van der Waals surface area contributed by atoms with Crippen LogP contribution in [-0.4, -0.2) is 45.8 Å². The first-order valence-electron chi connectivity index (χ1n) is 2.84. The van der Waals surface area contributed by atoms with E-state index < -0.39 is 5.79 Å². The molecule has 2 N–H and O–H groups in total. The Balaban J connectivity index is 2.33. The molecule has 0 aromatic rings. The molecule has 1 amide bonds.